The normalized spacial score (nSPS) is 22.1. The summed E-state index contributed by atoms with van der Waals surface area (Å²) in [5, 5.41) is 2.86. The molecule has 0 aliphatic carbocycles. The second-order valence-electron chi connectivity index (χ2n) is 7.12. The monoisotopic (exact) mass is 383 g/mol. The first kappa shape index (κ1) is 17.5. The minimum absolute atomic E-state index is 0.200. The summed E-state index contributed by atoms with van der Waals surface area (Å²) in [5.74, 6) is -1.07. The van der Waals surface area contributed by atoms with E-state index in [0.29, 0.717) is 10.7 Å². The predicted octanol–water partition coefficient (Wildman–Crippen LogP) is 2.91. The molecule has 138 valence electrons. The Labute approximate surface area is 161 Å². The quantitative estimate of drug-likeness (QED) is 0.769. The van der Waals surface area contributed by atoms with Crippen molar-refractivity contribution >= 4 is 40.8 Å². The number of benzene rings is 2. The molecule has 0 bridgehead atoms. The van der Waals surface area contributed by atoms with Crippen LogP contribution < -0.4 is 15.1 Å². The summed E-state index contributed by atoms with van der Waals surface area (Å²) in [4.78, 5) is 41.6. The molecule has 0 saturated carbocycles. The molecule has 1 N–H and O–H groups in total. The Kier molecular flexibility index (Phi) is 3.96. The third-order valence-electron chi connectivity index (χ3n) is 5.20. The zero-order valence-electron chi connectivity index (χ0n) is 15.0. The van der Waals surface area contributed by atoms with Crippen LogP contribution in [0.15, 0.2) is 42.5 Å². The van der Waals surface area contributed by atoms with Crippen molar-refractivity contribution in [2.24, 2.45) is 5.41 Å². The fourth-order valence-corrected chi connectivity index (χ4v) is 4.02. The lowest BCUT2D eigenvalue weighted by Gasteiger charge is -2.45. The van der Waals surface area contributed by atoms with Crippen LogP contribution in [0, 0.1) is 12.3 Å². The summed E-state index contributed by atoms with van der Waals surface area (Å²) in [6.07, 6.45) is 0.246. The Bertz CT molecular complexity index is 973. The molecule has 0 unspecified atom stereocenters. The molecule has 2 aliphatic rings. The van der Waals surface area contributed by atoms with Crippen molar-refractivity contribution in [3.05, 3.63) is 58.6 Å². The molecule has 1 spiro atoms. The number of nitrogens with zero attached hydrogens (tertiary/aromatic N) is 2. The number of halogens is 1. The highest BCUT2D eigenvalue weighted by Gasteiger charge is 2.56. The number of anilines is 2. The Hall–Kier alpha value is -2.86. The van der Waals surface area contributed by atoms with Gasteiger partial charge in [-0.05, 0) is 49.2 Å². The van der Waals surface area contributed by atoms with Gasteiger partial charge in [-0.3, -0.25) is 14.9 Å². The molecule has 0 radical (unpaired) electrons. The van der Waals surface area contributed by atoms with Crippen LogP contribution in [0.5, 0.6) is 0 Å². The maximum atomic E-state index is 13.4. The minimum atomic E-state index is -1.36. The van der Waals surface area contributed by atoms with E-state index < -0.39 is 23.3 Å². The van der Waals surface area contributed by atoms with Gasteiger partial charge in [0.1, 0.15) is 0 Å². The van der Waals surface area contributed by atoms with Crippen molar-refractivity contribution < 1.29 is 14.4 Å². The lowest BCUT2D eigenvalue weighted by molar-refractivity contribution is -0.142. The van der Waals surface area contributed by atoms with Crippen LogP contribution >= 0.6 is 11.6 Å². The van der Waals surface area contributed by atoms with Crippen LogP contribution in [-0.2, 0) is 16.0 Å². The largest absolute Gasteiger partial charge is 0.373 e. The van der Waals surface area contributed by atoms with Crippen molar-refractivity contribution in [2.45, 2.75) is 13.3 Å². The Morgan fingerprint density at radius 1 is 1.07 bits per heavy atom. The Balaban J connectivity index is 1.80. The minimum Gasteiger partial charge on any atom is -0.373 e. The molecule has 1 saturated heterocycles. The smallest absolute Gasteiger partial charge is 0.335 e. The van der Waals surface area contributed by atoms with Crippen molar-refractivity contribution in [1.82, 2.24) is 5.32 Å². The molecule has 0 aromatic heterocycles. The molecule has 4 amide bonds. The van der Waals surface area contributed by atoms with Gasteiger partial charge in [-0.1, -0.05) is 29.3 Å². The first-order valence-electron chi connectivity index (χ1n) is 8.58. The molecule has 2 aliphatic heterocycles. The molecular formula is C20H18ClN3O3. The van der Waals surface area contributed by atoms with Crippen molar-refractivity contribution in [3.8, 4) is 0 Å². The van der Waals surface area contributed by atoms with E-state index in [9.17, 15) is 14.4 Å². The van der Waals surface area contributed by atoms with E-state index in [1.165, 1.54) is 0 Å². The van der Waals surface area contributed by atoms with Crippen LogP contribution in [0.1, 0.15) is 11.1 Å². The molecular weight excluding hydrogens is 366 g/mol. The number of rotatable bonds is 1. The van der Waals surface area contributed by atoms with E-state index in [-0.39, 0.29) is 13.0 Å². The van der Waals surface area contributed by atoms with Crippen molar-refractivity contribution in [2.75, 3.05) is 23.4 Å². The van der Waals surface area contributed by atoms with Gasteiger partial charge < -0.3 is 4.90 Å². The second kappa shape index (κ2) is 6.09. The Morgan fingerprint density at radius 2 is 1.78 bits per heavy atom. The van der Waals surface area contributed by atoms with Crippen molar-refractivity contribution in [3.63, 3.8) is 0 Å². The van der Waals surface area contributed by atoms with E-state index in [4.69, 9.17) is 11.6 Å². The fourth-order valence-electron chi connectivity index (χ4n) is 3.90. The molecule has 2 aromatic carbocycles. The summed E-state index contributed by atoms with van der Waals surface area (Å²) in [5.41, 5.74) is 1.97. The first-order valence-corrected chi connectivity index (χ1v) is 8.96. The van der Waals surface area contributed by atoms with Crippen LogP contribution in [0.3, 0.4) is 0 Å². The lowest BCUT2D eigenvalue weighted by atomic mass is 9.74. The van der Waals surface area contributed by atoms with Gasteiger partial charge in [-0.25, -0.2) is 9.69 Å². The standard InChI is InChI=1S/C20H18ClN3O3/c1-12-3-8-16-13(9-12)10-20(11-23(16)2)17(25)22-19(27)24(18(20)26)15-6-4-14(21)5-7-15/h3-9H,10-11H2,1-2H3,(H,22,25,27)/t20-/m1/s1. The average Bonchev–Trinajstić information content (AvgIpc) is 2.61. The van der Waals surface area contributed by atoms with Crippen LogP contribution in [-0.4, -0.2) is 31.4 Å². The number of nitrogens with one attached hydrogen (secondary N) is 1. The maximum Gasteiger partial charge on any atom is 0.335 e. The number of aryl methyl sites for hydroxylation is 1. The van der Waals surface area contributed by atoms with Gasteiger partial charge in [0.05, 0.1) is 5.69 Å². The SMILES string of the molecule is Cc1ccc2c(c1)C[C@@]1(CN2C)C(=O)NC(=O)N(c2ccc(Cl)cc2)C1=O. The third-order valence-corrected chi connectivity index (χ3v) is 5.45. The number of hydrogen-bond donors (Lipinski definition) is 1. The zero-order valence-corrected chi connectivity index (χ0v) is 15.7. The van der Waals surface area contributed by atoms with E-state index in [1.807, 2.05) is 37.1 Å². The highest BCUT2D eigenvalue weighted by Crippen LogP contribution is 2.40. The van der Waals surface area contributed by atoms with Crippen molar-refractivity contribution in [1.29, 1.82) is 0 Å². The lowest BCUT2D eigenvalue weighted by Crippen LogP contribution is -2.68. The highest BCUT2D eigenvalue weighted by atomic mass is 35.5. The highest BCUT2D eigenvalue weighted by molar-refractivity contribution is 6.32. The summed E-state index contributed by atoms with van der Waals surface area (Å²) in [7, 11) is 1.85. The van der Waals surface area contributed by atoms with E-state index in [2.05, 4.69) is 5.32 Å². The van der Waals surface area contributed by atoms with Gasteiger partial charge >= 0.3 is 6.03 Å². The number of amides is 4. The fraction of sp³-hybridized carbons (Fsp3) is 0.250. The van der Waals surface area contributed by atoms with Gasteiger partial charge in [0.25, 0.3) is 5.91 Å². The molecule has 27 heavy (non-hydrogen) atoms. The molecule has 1 atom stereocenters. The average molecular weight is 384 g/mol. The van der Waals surface area contributed by atoms with E-state index in [1.54, 1.807) is 24.3 Å². The van der Waals surface area contributed by atoms with Crippen LogP contribution in [0.4, 0.5) is 16.2 Å². The Morgan fingerprint density at radius 3 is 2.48 bits per heavy atom. The second-order valence-corrected chi connectivity index (χ2v) is 7.56. The van der Waals surface area contributed by atoms with Crippen LogP contribution in [0.2, 0.25) is 5.02 Å². The molecule has 2 heterocycles. The number of imide groups is 2. The number of fused-ring (bicyclic) bond motifs is 1. The summed E-state index contributed by atoms with van der Waals surface area (Å²) in [6, 6.07) is 11.6. The number of barbiturate groups is 1. The van der Waals surface area contributed by atoms with Gasteiger partial charge in [0.2, 0.25) is 5.91 Å². The summed E-state index contributed by atoms with van der Waals surface area (Å²) >= 11 is 5.91. The third kappa shape index (κ3) is 2.68. The molecule has 2 aromatic rings. The van der Waals surface area contributed by atoms with Gasteiger partial charge in [0, 0.05) is 24.3 Å². The predicted molar refractivity (Wildman–Crippen MR) is 103 cm³/mol. The number of urea groups is 1. The van der Waals surface area contributed by atoms with Gasteiger partial charge in [-0.15, -0.1) is 0 Å². The topological polar surface area (TPSA) is 69.7 Å². The molecule has 7 heteroatoms. The molecule has 4 rings (SSSR count). The van der Waals surface area contributed by atoms with Gasteiger partial charge in [0.15, 0.2) is 5.41 Å². The number of carbonyl (C=O) groups is 3. The molecule has 6 nitrogen and oxygen atoms in total. The summed E-state index contributed by atoms with van der Waals surface area (Å²) < 4.78 is 0. The van der Waals surface area contributed by atoms with Crippen LogP contribution in [0.25, 0.3) is 0 Å². The summed E-state index contributed by atoms with van der Waals surface area (Å²) in [6.45, 7) is 2.17. The van der Waals surface area contributed by atoms with E-state index in [0.717, 1.165) is 21.7 Å². The number of hydrogen-bond acceptors (Lipinski definition) is 4. The number of carbonyl (C=O) groups excluding carboxylic acids is 3. The van der Waals surface area contributed by atoms with E-state index >= 15 is 0 Å². The van der Waals surface area contributed by atoms with Gasteiger partial charge in [-0.2, -0.15) is 0 Å². The zero-order chi connectivity index (χ0) is 19.3. The first-order chi connectivity index (χ1) is 12.8. The maximum absolute atomic E-state index is 13.4. The molecule has 1 fully saturated rings.